The Hall–Kier alpha value is -1.70. The minimum Gasteiger partial charge on any atom is -0.449 e. The van der Waals surface area contributed by atoms with Gasteiger partial charge < -0.3 is 9.73 Å². The van der Waals surface area contributed by atoms with Crippen molar-refractivity contribution < 1.29 is 4.42 Å². The fourth-order valence-electron chi connectivity index (χ4n) is 1.80. The average Bonchev–Trinajstić information content (AvgIpc) is 2.93. The Kier molecular flexibility index (Phi) is 4.67. The summed E-state index contributed by atoms with van der Waals surface area (Å²) in [6, 6.07) is 14.3. The minimum absolute atomic E-state index is 0.242. The van der Waals surface area contributed by atoms with Crippen LogP contribution in [0, 0.1) is 11.3 Å². The number of benzene rings is 1. The van der Waals surface area contributed by atoms with E-state index >= 15 is 0 Å². The van der Waals surface area contributed by atoms with Crippen LogP contribution < -0.4 is 5.32 Å². The molecule has 19 heavy (non-hydrogen) atoms. The number of nitrogens with zero attached hydrogens (tertiary/aromatic N) is 1. The van der Waals surface area contributed by atoms with Crippen LogP contribution in [0.4, 0.5) is 0 Å². The van der Waals surface area contributed by atoms with Gasteiger partial charge >= 0.3 is 0 Å². The lowest BCUT2D eigenvalue weighted by Gasteiger charge is -2.13. The standard InChI is InChI=1S/C15H16N2OS/c1-11(12-3-7-15(19-2)8-4-12)17-10-14-6-5-13(9-16)18-14/h3-8,11,17H,10H2,1-2H3. The highest BCUT2D eigenvalue weighted by Crippen LogP contribution is 2.19. The van der Waals surface area contributed by atoms with E-state index in [1.807, 2.05) is 12.1 Å². The maximum absolute atomic E-state index is 8.69. The summed E-state index contributed by atoms with van der Waals surface area (Å²) in [5.74, 6) is 1.14. The number of hydrogen-bond donors (Lipinski definition) is 1. The normalized spacial score (nSPS) is 12.1. The summed E-state index contributed by atoms with van der Waals surface area (Å²) in [4.78, 5) is 1.26. The Labute approximate surface area is 117 Å². The zero-order valence-corrected chi connectivity index (χ0v) is 11.8. The van der Waals surface area contributed by atoms with E-state index in [0.717, 1.165) is 5.76 Å². The van der Waals surface area contributed by atoms with Gasteiger partial charge in [-0.1, -0.05) is 12.1 Å². The molecule has 1 N–H and O–H groups in total. The van der Waals surface area contributed by atoms with Gasteiger partial charge in [-0.2, -0.15) is 5.26 Å². The molecular formula is C15H16N2OS. The second kappa shape index (κ2) is 6.46. The molecule has 0 aliphatic carbocycles. The summed E-state index contributed by atoms with van der Waals surface area (Å²) in [6.45, 7) is 2.73. The molecule has 3 nitrogen and oxygen atoms in total. The molecule has 1 aromatic heterocycles. The van der Waals surface area contributed by atoms with Crippen molar-refractivity contribution >= 4 is 11.8 Å². The fraction of sp³-hybridized carbons (Fsp3) is 0.267. The summed E-state index contributed by atoms with van der Waals surface area (Å²) in [6.07, 6.45) is 2.07. The zero-order valence-electron chi connectivity index (χ0n) is 11.0. The van der Waals surface area contributed by atoms with Crippen molar-refractivity contribution in [2.75, 3.05) is 6.26 Å². The van der Waals surface area contributed by atoms with Crippen LogP contribution in [0.2, 0.25) is 0 Å². The summed E-state index contributed by atoms with van der Waals surface area (Å²) in [5, 5.41) is 12.1. The number of hydrogen-bond acceptors (Lipinski definition) is 4. The molecule has 0 bridgehead atoms. The van der Waals surface area contributed by atoms with Gasteiger partial charge in [-0.15, -0.1) is 11.8 Å². The molecular weight excluding hydrogens is 256 g/mol. The molecule has 0 amide bonds. The van der Waals surface area contributed by atoms with Crippen molar-refractivity contribution in [3.8, 4) is 6.07 Å². The van der Waals surface area contributed by atoms with Crippen molar-refractivity contribution in [2.45, 2.75) is 24.4 Å². The Bertz CT molecular complexity index is 569. The first kappa shape index (κ1) is 13.7. The Morgan fingerprint density at radius 3 is 2.58 bits per heavy atom. The summed E-state index contributed by atoms with van der Waals surface area (Å²) in [5.41, 5.74) is 1.24. The molecule has 0 radical (unpaired) electrons. The predicted molar refractivity (Wildman–Crippen MR) is 76.9 cm³/mol. The number of nitriles is 1. The van der Waals surface area contributed by atoms with E-state index in [1.54, 1.807) is 17.8 Å². The molecule has 1 aromatic carbocycles. The van der Waals surface area contributed by atoms with E-state index < -0.39 is 0 Å². The zero-order chi connectivity index (χ0) is 13.7. The fourth-order valence-corrected chi connectivity index (χ4v) is 2.21. The molecule has 1 unspecified atom stereocenters. The summed E-state index contributed by atoms with van der Waals surface area (Å²) >= 11 is 1.74. The van der Waals surface area contributed by atoms with Crippen LogP contribution >= 0.6 is 11.8 Å². The van der Waals surface area contributed by atoms with Crippen LogP contribution in [0.5, 0.6) is 0 Å². The molecule has 1 atom stereocenters. The molecule has 98 valence electrons. The first-order valence-electron chi connectivity index (χ1n) is 6.09. The van der Waals surface area contributed by atoms with Crippen molar-refractivity contribution in [3.05, 3.63) is 53.5 Å². The smallest absolute Gasteiger partial charge is 0.203 e. The Balaban J connectivity index is 1.93. The Morgan fingerprint density at radius 1 is 1.26 bits per heavy atom. The average molecular weight is 272 g/mol. The van der Waals surface area contributed by atoms with E-state index in [0.29, 0.717) is 12.3 Å². The SMILES string of the molecule is CSc1ccc(C(C)NCc2ccc(C#N)o2)cc1. The van der Waals surface area contributed by atoms with Gasteiger partial charge in [-0.05, 0) is 43.0 Å². The topological polar surface area (TPSA) is 49.0 Å². The Morgan fingerprint density at radius 2 is 2.00 bits per heavy atom. The third kappa shape index (κ3) is 3.63. The van der Waals surface area contributed by atoms with Crippen LogP contribution in [-0.2, 0) is 6.54 Å². The van der Waals surface area contributed by atoms with Gasteiger partial charge in [0.25, 0.3) is 0 Å². The van der Waals surface area contributed by atoms with Crippen LogP contribution in [-0.4, -0.2) is 6.26 Å². The largest absolute Gasteiger partial charge is 0.449 e. The lowest BCUT2D eigenvalue weighted by molar-refractivity contribution is 0.453. The van der Waals surface area contributed by atoms with Crippen LogP contribution in [0.25, 0.3) is 0 Å². The predicted octanol–water partition coefficient (Wildman–Crippen LogP) is 3.72. The van der Waals surface area contributed by atoms with Gasteiger partial charge in [0.2, 0.25) is 5.76 Å². The third-order valence-corrected chi connectivity index (χ3v) is 3.71. The van der Waals surface area contributed by atoms with Crippen LogP contribution in [0.3, 0.4) is 0 Å². The third-order valence-electron chi connectivity index (χ3n) is 2.97. The van der Waals surface area contributed by atoms with Gasteiger partial charge in [0.05, 0.1) is 6.54 Å². The first-order valence-corrected chi connectivity index (χ1v) is 7.31. The second-order valence-electron chi connectivity index (χ2n) is 4.25. The highest BCUT2D eigenvalue weighted by atomic mass is 32.2. The lowest BCUT2D eigenvalue weighted by Crippen LogP contribution is -2.17. The number of nitrogens with one attached hydrogen (secondary N) is 1. The van der Waals surface area contributed by atoms with Crippen molar-refractivity contribution in [1.29, 1.82) is 5.26 Å². The van der Waals surface area contributed by atoms with E-state index in [2.05, 4.69) is 42.8 Å². The molecule has 0 fully saturated rings. The van der Waals surface area contributed by atoms with E-state index in [9.17, 15) is 0 Å². The first-order chi connectivity index (χ1) is 9.22. The molecule has 0 saturated heterocycles. The van der Waals surface area contributed by atoms with Gasteiger partial charge in [0.1, 0.15) is 11.8 Å². The molecule has 0 saturated carbocycles. The van der Waals surface area contributed by atoms with Gasteiger partial charge in [0.15, 0.2) is 0 Å². The van der Waals surface area contributed by atoms with Gasteiger partial charge in [-0.3, -0.25) is 0 Å². The van der Waals surface area contributed by atoms with E-state index in [4.69, 9.17) is 9.68 Å². The molecule has 1 heterocycles. The number of rotatable bonds is 5. The second-order valence-corrected chi connectivity index (χ2v) is 5.13. The van der Waals surface area contributed by atoms with Crippen LogP contribution in [0.1, 0.15) is 30.0 Å². The van der Waals surface area contributed by atoms with Crippen LogP contribution in [0.15, 0.2) is 45.7 Å². The number of thioether (sulfide) groups is 1. The summed E-state index contributed by atoms with van der Waals surface area (Å²) < 4.78 is 5.33. The summed E-state index contributed by atoms with van der Waals surface area (Å²) in [7, 11) is 0. The molecule has 2 aromatic rings. The molecule has 2 rings (SSSR count). The van der Waals surface area contributed by atoms with Crippen molar-refractivity contribution in [3.63, 3.8) is 0 Å². The van der Waals surface area contributed by atoms with Gasteiger partial charge in [0, 0.05) is 10.9 Å². The molecule has 0 spiro atoms. The maximum atomic E-state index is 8.69. The molecule has 4 heteroatoms. The highest BCUT2D eigenvalue weighted by molar-refractivity contribution is 7.98. The quantitative estimate of drug-likeness (QED) is 0.843. The monoisotopic (exact) mass is 272 g/mol. The minimum atomic E-state index is 0.242. The van der Waals surface area contributed by atoms with E-state index in [-0.39, 0.29) is 6.04 Å². The lowest BCUT2D eigenvalue weighted by atomic mass is 10.1. The number of furan rings is 1. The maximum Gasteiger partial charge on any atom is 0.203 e. The van der Waals surface area contributed by atoms with Crippen molar-refractivity contribution in [1.82, 2.24) is 5.32 Å². The molecule has 0 aliphatic rings. The van der Waals surface area contributed by atoms with Crippen molar-refractivity contribution in [2.24, 2.45) is 0 Å². The van der Waals surface area contributed by atoms with Gasteiger partial charge in [-0.25, -0.2) is 0 Å². The van der Waals surface area contributed by atoms with E-state index in [1.165, 1.54) is 10.5 Å². The highest BCUT2D eigenvalue weighted by Gasteiger charge is 2.07. The molecule has 0 aliphatic heterocycles.